The molecule has 2 N–H and O–H groups in total. The van der Waals surface area contributed by atoms with Crippen LogP contribution >= 0.6 is 0 Å². The Labute approximate surface area is 143 Å². The van der Waals surface area contributed by atoms with E-state index in [-0.39, 0.29) is 11.3 Å². The molecule has 1 aliphatic rings. The van der Waals surface area contributed by atoms with Crippen LogP contribution in [0, 0.1) is 16.7 Å². The monoisotopic (exact) mass is 331 g/mol. The van der Waals surface area contributed by atoms with Crippen LogP contribution in [0.1, 0.15) is 36.5 Å². The summed E-state index contributed by atoms with van der Waals surface area (Å²) in [7, 11) is 1.55. The number of carbonyl (C=O) groups is 1. The van der Waals surface area contributed by atoms with E-state index < -0.39 is 0 Å². The molecule has 0 radical (unpaired) electrons. The first-order valence-electron chi connectivity index (χ1n) is 8.25. The summed E-state index contributed by atoms with van der Waals surface area (Å²) < 4.78 is 11.1. The molecule has 0 aliphatic carbocycles. The lowest BCUT2D eigenvalue weighted by molar-refractivity contribution is 0.0656. The first-order valence-corrected chi connectivity index (χ1v) is 8.25. The smallest absolute Gasteiger partial charge is 0.257 e. The van der Waals surface area contributed by atoms with Crippen LogP contribution < -0.4 is 15.2 Å². The second-order valence-electron chi connectivity index (χ2n) is 6.29. The molecule has 0 bridgehead atoms. The van der Waals surface area contributed by atoms with Crippen molar-refractivity contribution in [3.63, 3.8) is 0 Å². The molecule has 0 atom stereocenters. The fraction of sp³-hybridized carbons (Fsp3) is 0.556. The highest BCUT2D eigenvalue weighted by Gasteiger charge is 2.33. The number of hydrogen-bond donors (Lipinski definition) is 1. The number of nitrogens with zero attached hydrogens (tertiary/aromatic N) is 2. The van der Waals surface area contributed by atoms with Gasteiger partial charge >= 0.3 is 0 Å². The van der Waals surface area contributed by atoms with E-state index >= 15 is 0 Å². The third kappa shape index (κ3) is 3.98. The molecule has 0 spiro atoms. The topological polar surface area (TPSA) is 88.6 Å². The number of carbonyl (C=O) groups excluding carboxylic acids is 1. The summed E-state index contributed by atoms with van der Waals surface area (Å²) >= 11 is 0. The molecule has 0 unspecified atom stereocenters. The normalized spacial score (nSPS) is 16.3. The lowest BCUT2D eigenvalue weighted by atomic mass is 9.82. The van der Waals surface area contributed by atoms with Gasteiger partial charge < -0.3 is 20.1 Å². The van der Waals surface area contributed by atoms with E-state index in [1.54, 1.807) is 30.2 Å². The summed E-state index contributed by atoms with van der Waals surface area (Å²) in [5.74, 6) is 0.917. The second kappa shape index (κ2) is 8.02. The molecule has 2 rings (SSSR count). The Bertz CT molecular complexity index is 616. The van der Waals surface area contributed by atoms with E-state index in [4.69, 9.17) is 15.2 Å². The van der Waals surface area contributed by atoms with Gasteiger partial charge in [0.05, 0.1) is 30.8 Å². The van der Waals surface area contributed by atoms with Crippen molar-refractivity contribution < 1.29 is 14.3 Å². The minimum atomic E-state index is -0.342. The molecule has 1 saturated heterocycles. The molecule has 1 aromatic carbocycles. The van der Waals surface area contributed by atoms with Crippen molar-refractivity contribution in [1.29, 1.82) is 5.26 Å². The summed E-state index contributed by atoms with van der Waals surface area (Å²) in [6.45, 7) is 4.05. The largest absolute Gasteiger partial charge is 0.493 e. The molecule has 1 aromatic rings. The minimum absolute atomic E-state index is 0.0864. The van der Waals surface area contributed by atoms with Crippen LogP contribution in [-0.2, 0) is 0 Å². The molecule has 0 aromatic heterocycles. The summed E-state index contributed by atoms with van der Waals surface area (Å²) in [6, 6.07) is 7.66. The first-order chi connectivity index (χ1) is 11.5. The molecule has 0 saturated carbocycles. The van der Waals surface area contributed by atoms with Crippen molar-refractivity contribution in [3.8, 4) is 17.6 Å². The van der Waals surface area contributed by atoms with Gasteiger partial charge in [0.15, 0.2) is 11.5 Å². The van der Waals surface area contributed by atoms with E-state index in [0.29, 0.717) is 62.6 Å². The molecular formula is C18H25N3O3. The van der Waals surface area contributed by atoms with Crippen molar-refractivity contribution in [2.75, 3.05) is 33.4 Å². The van der Waals surface area contributed by atoms with E-state index in [1.807, 2.05) is 6.92 Å². The summed E-state index contributed by atoms with van der Waals surface area (Å²) in [6.07, 6.45) is 2.07. The highest BCUT2D eigenvalue weighted by molar-refractivity contribution is 5.97. The maximum Gasteiger partial charge on any atom is 0.257 e. The van der Waals surface area contributed by atoms with Gasteiger partial charge in [-0.15, -0.1) is 0 Å². The van der Waals surface area contributed by atoms with Crippen molar-refractivity contribution in [3.05, 3.63) is 23.8 Å². The lowest BCUT2D eigenvalue weighted by Gasteiger charge is -2.35. The van der Waals surface area contributed by atoms with Gasteiger partial charge in [0.1, 0.15) is 0 Å². The lowest BCUT2D eigenvalue weighted by Crippen LogP contribution is -2.41. The fourth-order valence-corrected chi connectivity index (χ4v) is 2.74. The zero-order valence-corrected chi connectivity index (χ0v) is 14.4. The van der Waals surface area contributed by atoms with Crippen LogP contribution in [0.4, 0.5) is 0 Å². The first kappa shape index (κ1) is 18.1. The number of rotatable bonds is 6. The van der Waals surface area contributed by atoms with Crippen LogP contribution in [-0.4, -0.2) is 44.2 Å². The number of hydrogen-bond acceptors (Lipinski definition) is 5. The van der Waals surface area contributed by atoms with Crippen molar-refractivity contribution in [2.24, 2.45) is 11.1 Å². The van der Waals surface area contributed by atoms with Crippen molar-refractivity contribution in [2.45, 2.75) is 26.2 Å². The molecule has 1 amide bonds. The maximum atomic E-state index is 12.9. The van der Waals surface area contributed by atoms with E-state index in [9.17, 15) is 10.1 Å². The number of amides is 1. The average Bonchev–Trinajstić information content (AvgIpc) is 2.62. The summed E-state index contributed by atoms with van der Waals surface area (Å²) in [5.41, 5.74) is 5.65. The molecule has 130 valence electrons. The molecule has 6 heteroatoms. The molecule has 1 fully saturated rings. The fourth-order valence-electron chi connectivity index (χ4n) is 2.74. The minimum Gasteiger partial charge on any atom is -0.493 e. The van der Waals surface area contributed by atoms with Gasteiger partial charge in [-0.1, -0.05) is 6.07 Å². The average molecular weight is 331 g/mol. The van der Waals surface area contributed by atoms with Gasteiger partial charge in [0, 0.05) is 13.1 Å². The van der Waals surface area contributed by atoms with Crippen molar-refractivity contribution >= 4 is 5.91 Å². The Balaban J connectivity index is 2.18. The Kier molecular flexibility index (Phi) is 6.04. The number of nitrogens with two attached hydrogens (primary N) is 1. The summed E-state index contributed by atoms with van der Waals surface area (Å²) in [4.78, 5) is 14.7. The van der Waals surface area contributed by atoms with Crippen molar-refractivity contribution in [1.82, 2.24) is 4.90 Å². The molecule has 6 nitrogen and oxygen atoms in total. The number of piperidine rings is 1. The van der Waals surface area contributed by atoms with Gasteiger partial charge in [0.2, 0.25) is 0 Å². The standard InChI is InChI=1S/C18H25N3O3/c1-18(13-20)7-10-21(11-8-18)17(22)14-5-3-6-15(23-2)16(14)24-12-4-9-19/h3,5-6H,4,7-12,19H2,1-2H3. The second-order valence-corrected chi connectivity index (χ2v) is 6.29. The van der Waals surface area contributed by atoms with Crippen LogP contribution in [0.15, 0.2) is 18.2 Å². The van der Waals surface area contributed by atoms with Crippen LogP contribution in [0.5, 0.6) is 11.5 Å². The predicted octanol–water partition coefficient (Wildman–Crippen LogP) is 2.19. The zero-order valence-electron chi connectivity index (χ0n) is 14.4. The van der Waals surface area contributed by atoms with Crippen LogP contribution in [0.2, 0.25) is 0 Å². The van der Waals surface area contributed by atoms with Gasteiger partial charge in [-0.2, -0.15) is 5.26 Å². The SMILES string of the molecule is COc1cccc(C(=O)N2CCC(C)(C#N)CC2)c1OCCCN. The van der Waals surface area contributed by atoms with E-state index in [1.165, 1.54) is 0 Å². The Morgan fingerprint density at radius 2 is 2.12 bits per heavy atom. The highest BCUT2D eigenvalue weighted by atomic mass is 16.5. The quantitative estimate of drug-likeness (QED) is 0.807. The Hall–Kier alpha value is -2.26. The van der Waals surface area contributed by atoms with Gasteiger partial charge in [0.25, 0.3) is 5.91 Å². The third-order valence-corrected chi connectivity index (χ3v) is 4.45. The van der Waals surface area contributed by atoms with Crippen LogP contribution in [0.3, 0.4) is 0 Å². The summed E-state index contributed by atoms with van der Waals surface area (Å²) in [5, 5.41) is 9.22. The predicted molar refractivity (Wildman–Crippen MR) is 91.0 cm³/mol. The third-order valence-electron chi connectivity index (χ3n) is 4.45. The Morgan fingerprint density at radius 1 is 1.42 bits per heavy atom. The van der Waals surface area contributed by atoms with Gasteiger partial charge in [-0.3, -0.25) is 4.79 Å². The maximum absolute atomic E-state index is 12.9. The zero-order chi connectivity index (χ0) is 17.6. The Morgan fingerprint density at radius 3 is 2.71 bits per heavy atom. The number of nitriles is 1. The molecule has 24 heavy (non-hydrogen) atoms. The highest BCUT2D eigenvalue weighted by Crippen LogP contribution is 2.34. The van der Waals surface area contributed by atoms with Crippen LogP contribution in [0.25, 0.3) is 0 Å². The van der Waals surface area contributed by atoms with E-state index in [0.717, 1.165) is 0 Å². The number of methoxy groups -OCH3 is 1. The number of ether oxygens (including phenoxy) is 2. The molecule has 1 aliphatic heterocycles. The van der Waals surface area contributed by atoms with Gasteiger partial charge in [-0.25, -0.2) is 0 Å². The molecular weight excluding hydrogens is 306 g/mol. The van der Waals surface area contributed by atoms with Gasteiger partial charge in [-0.05, 0) is 44.9 Å². The number of benzene rings is 1. The number of likely N-dealkylation sites (tertiary alicyclic amines) is 1. The van der Waals surface area contributed by atoms with E-state index in [2.05, 4.69) is 6.07 Å². The molecule has 1 heterocycles. The number of para-hydroxylation sites is 1.